The van der Waals surface area contributed by atoms with Crippen molar-refractivity contribution in [2.75, 3.05) is 59.0 Å². The molecule has 0 radical (unpaired) electrons. The van der Waals surface area contributed by atoms with Gasteiger partial charge in [0.15, 0.2) is 0 Å². The molecule has 6 unspecified atom stereocenters. The van der Waals surface area contributed by atoms with Gasteiger partial charge in [-0.05, 0) is 39.7 Å². The van der Waals surface area contributed by atoms with Gasteiger partial charge in [0.05, 0.1) is 12.2 Å². The minimum atomic E-state index is -0.409. The van der Waals surface area contributed by atoms with Crippen LogP contribution in [-0.4, -0.2) is 143 Å². The van der Waals surface area contributed by atoms with Crippen LogP contribution in [0.1, 0.15) is 247 Å². The van der Waals surface area contributed by atoms with Crippen LogP contribution in [0.2, 0.25) is 0 Å². The van der Waals surface area contributed by atoms with Crippen molar-refractivity contribution in [3.63, 3.8) is 0 Å². The van der Waals surface area contributed by atoms with Gasteiger partial charge in [0.1, 0.15) is 13.2 Å². The zero-order valence-electron chi connectivity index (χ0n) is 47.3. The quantitative estimate of drug-likeness (QED) is 0.0201. The smallest absolute Gasteiger partial charge is 0.464 e. The summed E-state index contributed by atoms with van der Waals surface area (Å²) in [7, 11) is 0. The Morgan fingerprint density at radius 3 is 1.16 bits per heavy atom. The molecule has 1 fully saturated rings. The van der Waals surface area contributed by atoms with Crippen molar-refractivity contribution in [1.82, 2.24) is 14.7 Å². The first kappa shape index (κ1) is 73.5. The number of esters is 2. The van der Waals surface area contributed by atoms with Crippen LogP contribution in [0.5, 0.6) is 0 Å². The summed E-state index contributed by atoms with van der Waals surface area (Å²) in [4.78, 5) is 31.1. The van der Waals surface area contributed by atoms with Gasteiger partial charge in [-0.3, -0.25) is 24.3 Å². The van der Waals surface area contributed by atoms with Crippen molar-refractivity contribution in [3.05, 3.63) is 20.8 Å². The fourth-order valence-corrected chi connectivity index (χ4v) is 8.86. The van der Waals surface area contributed by atoms with Crippen molar-refractivity contribution < 1.29 is 58.3 Å². The maximum Gasteiger partial charge on any atom is 1.00 e. The molecule has 0 aliphatic carbocycles. The average molecular weight is 991 g/mol. The normalized spacial score (nSPS) is 16.8. The molecular weight excluding hydrogens is 874 g/mol. The van der Waals surface area contributed by atoms with Crippen LogP contribution in [0.4, 0.5) is 0 Å². The third kappa shape index (κ3) is 50.8. The molecule has 0 aromatic rings. The van der Waals surface area contributed by atoms with Crippen LogP contribution < -0.4 is 18.9 Å². The van der Waals surface area contributed by atoms with Gasteiger partial charge >= 0.3 is 30.8 Å². The van der Waals surface area contributed by atoms with E-state index in [2.05, 4.69) is 77.0 Å². The Morgan fingerprint density at radius 1 is 0.514 bits per heavy atom. The van der Waals surface area contributed by atoms with E-state index in [0.29, 0.717) is 77.2 Å². The Kier molecular flexibility index (Phi) is 57.2. The number of unbranched alkanes of at least 4 members (excludes halogenated alkanes) is 20. The Hall–Kier alpha value is -0.743. The minimum Gasteiger partial charge on any atom is -0.464 e. The van der Waals surface area contributed by atoms with Gasteiger partial charge < -0.3 is 50.7 Å². The number of hydrogen-bond acceptors (Lipinski definition) is 11. The summed E-state index contributed by atoms with van der Waals surface area (Å²) >= 11 is 0. The number of nitrogens with zero attached hydrogens (tertiary/aromatic N) is 3. The van der Waals surface area contributed by atoms with E-state index in [9.17, 15) is 19.8 Å². The fourth-order valence-electron chi connectivity index (χ4n) is 8.86. The van der Waals surface area contributed by atoms with Crippen LogP contribution >= 0.6 is 0 Å². The molecule has 0 saturated carbocycles. The molecule has 4 N–H and O–H groups in total. The molecule has 0 bridgehead atoms. The van der Waals surface area contributed by atoms with Gasteiger partial charge in [-0.15, -0.1) is 0 Å². The van der Waals surface area contributed by atoms with E-state index in [1.54, 1.807) is 0 Å². The minimum absolute atomic E-state index is 0. The first-order chi connectivity index (χ1) is 33.2. The topological polar surface area (TPSA) is 143 Å². The molecule has 1 heterocycles. The van der Waals surface area contributed by atoms with Gasteiger partial charge in [0.2, 0.25) is 0 Å². The third-order valence-corrected chi connectivity index (χ3v) is 13.3. The third-order valence-electron chi connectivity index (χ3n) is 13.3. The number of hydrogen-bond donors (Lipinski definition) is 4. The van der Waals surface area contributed by atoms with Crippen LogP contribution in [0, 0.1) is 20.8 Å². The molecule has 0 aromatic carbocycles. The van der Waals surface area contributed by atoms with E-state index in [1.807, 2.05) is 0 Å². The van der Waals surface area contributed by atoms with Gasteiger partial charge in [0, 0.05) is 64.2 Å². The summed E-state index contributed by atoms with van der Waals surface area (Å²) in [6.07, 6.45) is 33.6. The summed E-state index contributed by atoms with van der Waals surface area (Å²) in [6, 6.07) is 0.645. The first-order valence-electron chi connectivity index (χ1n) is 28.9. The second-order valence-electron chi connectivity index (χ2n) is 20.4. The summed E-state index contributed by atoms with van der Waals surface area (Å²) in [6.45, 7) is 29.7. The summed E-state index contributed by atoms with van der Waals surface area (Å²) in [5, 5.41) is 39.2. The maximum absolute atomic E-state index is 12.6. The summed E-state index contributed by atoms with van der Waals surface area (Å²) in [5.41, 5.74) is 0. The zero-order chi connectivity index (χ0) is 51.8. The van der Waals surface area contributed by atoms with E-state index in [-0.39, 0.29) is 43.0 Å². The molecule has 11 nitrogen and oxygen atoms in total. The van der Waals surface area contributed by atoms with E-state index in [0.717, 1.165) is 83.8 Å². The standard InChI is InChI=1S/C38H74N3O6.2C10H21O.Li/c1-6-9-11-13-15-17-21-35(42)31-39(32-36(43)22-18-16-14-12-10-7-2)24-19-23-38(45)47-28-26-41-30-33(4)40(29-34(41)5)25-27-46-37(44)20-8-3;2*1-3-4-5-6-7-8-9-10(2)11;/h33-36,42-43H,3,6-32H2,1-2,4-5H3;2*10-11H,2-9H2,1H3;/q3*-1;+1. The number of piperazine rings is 1. The number of carbonyl (C=O) groups is 2. The molecule has 0 spiro atoms. The van der Waals surface area contributed by atoms with Crippen LogP contribution in [-0.2, 0) is 19.1 Å². The van der Waals surface area contributed by atoms with Crippen LogP contribution in [0.25, 0.3) is 0 Å². The SMILES string of the molecule is [CH2-]C(O)CCCCCCCC.[CH2-]C(O)CCCCCCCC.[CH2-]CCC(=O)OCCN1CC(C)N(CCOC(=O)CCCN(CC(O)CCCCCCCC)CC(O)CCCCCCCC)CC1C.[Li+]. The molecule has 1 rings (SSSR count). The zero-order valence-corrected chi connectivity index (χ0v) is 47.3. The van der Waals surface area contributed by atoms with Gasteiger partial charge in [-0.2, -0.15) is 6.42 Å². The van der Waals surface area contributed by atoms with Crippen LogP contribution in [0.15, 0.2) is 0 Å². The number of carbonyl (C=O) groups excluding carboxylic acids is 2. The largest absolute Gasteiger partial charge is 1.00 e. The van der Waals surface area contributed by atoms with E-state index in [4.69, 9.17) is 19.7 Å². The number of rotatable bonds is 44. The van der Waals surface area contributed by atoms with Crippen molar-refractivity contribution in [2.45, 2.75) is 284 Å². The van der Waals surface area contributed by atoms with E-state index < -0.39 is 12.2 Å². The molecule has 12 heteroatoms. The second-order valence-corrected chi connectivity index (χ2v) is 20.4. The molecule has 1 saturated heterocycles. The number of ether oxygens (including phenoxy) is 2. The Labute approximate surface area is 446 Å². The second kappa shape index (κ2) is 54.5. The van der Waals surface area contributed by atoms with Gasteiger partial charge in [-0.1, -0.05) is 207 Å². The maximum atomic E-state index is 12.6. The summed E-state index contributed by atoms with van der Waals surface area (Å²) in [5.74, 6) is -0.371. The molecule has 70 heavy (non-hydrogen) atoms. The van der Waals surface area contributed by atoms with Gasteiger partial charge in [-0.25, -0.2) is 0 Å². The molecule has 6 atom stereocenters. The van der Waals surface area contributed by atoms with Crippen molar-refractivity contribution in [2.24, 2.45) is 0 Å². The van der Waals surface area contributed by atoms with Gasteiger partial charge in [0.25, 0.3) is 0 Å². The Bertz CT molecular complexity index is 1050. The Balaban J connectivity index is -0.00000160. The predicted octanol–water partition coefficient (Wildman–Crippen LogP) is 9.25. The predicted molar refractivity (Wildman–Crippen MR) is 291 cm³/mol. The molecule has 0 amide bonds. The van der Waals surface area contributed by atoms with E-state index in [1.165, 1.54) is 116 Å². The van der Waals surface area contributed by atoms with Crippen molar-refractivity contribution in [3.8, 4) is 0 Å². The average Bonchev–Trinajstić information content (AvgIpc) is 3.30. The first-order valence-corrected chi connectivity index (χ1v) is 28.9. The van der Waals surface area contributed by atoms with Crippen LogP contribution in [0.3, 0.4) is 0 Å². The Morgan fingerprint density at radius 2 is 0.829 bits per heavy atom. The van der Waals surface area contributed by atoms with E-state index >= 15 is 0 Å². The molecule has 0 aromatic heterocycles. The summed E-state index contributed by atoms with van der Waals surface area (Å²) < 4.78 is 10.9. The number of aliphatic hydroxyl groups excluding tert-OH is 4. The molecule has 1 aliphatic rings. The molecular formula is C58H116LiN3O8-2. The van der Waals surface area contributed by atoms with Crippen molar-refractivity contribution >= 4 is 11.9 Å². The van der Waals surface area contributed by atoms with Crippen molar-refractivity contribution in [1.29, 1.82) is 0 Å². The number of aliphatic hydroxyl groups is 4. The fraction of sp³-hybridized carbons (Fsp3) is 0.914. The molecule has 414 valence electrons. The molecule has 1 aliphatic heterocycles. The monoisotopic (exact) mass is 990 g/mol.